The van der Waals surface area contributed by atoms with Crippen LogP contribution in [0.5, 0.6) is 0 Å². The number of aromatic nitrogens is 1. The van der Waals surface area contributed by atoms with Crippen LogP contribution >= 0.6 is 24.0 Å². The first kappa shape index (κ1) is 17.6. The second-order valence-corrected chi connectivity index (χ2v) is 5.89. The predicted molar refractivity (Wildman–Crippen MR) is 95.8 cm³/mol. The van der Waals surface area contributed by atoms with E-state index in [1.54, 1.807) is 18.5 Å². The molecule has 1 aromatic carbocycles. The summed E-state index contributed by atoms with van der Waals surface area (Å²) in [6.07, 6.45) is 3.30. The molecule has 1 saturated heterocycles. The smallest absolute Gasteiger partial charge is 0.255 e. The molecule has 0 spiro atoms. The summed E-state index contributed by atoms with van der Waals surface area (Å²) in [5.74, 6) is 0.0561. The summed E-state index contributed by atoms with van der Waals surface area (Å²) >= 11 is 6.01. The highest BCUT2D eigenvalue weighted by atomic mass is 35.5. The molecule has 2 aromatic rings. The molecule has 0 unspecified atom stereocenters. The molecule has 1 aliphatic heterocycles. The minimum absolute atomic E-state index is 0. The zero-order valence-corrected chi connectivity index (χ0v) is 14.5. The van der Waals surface area contributed by atoms with E-state index in [-0.39, 0.29) is 18.3 Å². The summed E-state index contributed by atoms with van der Waals surface area (Å²) in [5.41, 5.74) is 3.01. The Labute approximate surface area is 147 Å². The molecule has 0 saturated carbocycles. The SMILES string of the molecule is Cc1cc(Cl)ccc1N1CCN(C(=O)c2cccnc2)CC1.Cl. The molecule has 1 aliphatic rings. The number of hydrogen-bond acceptors (Lipinski definition) is 3. The highest BCUT2D eigenvalue weighted by Gasteiger charge is 2.23. The first-order chi connectivity index (χ1) is 10.6. The largest absolute Gasteiger partial charge is 0.368 e. The number of halogens is 2. The highest BCUT2D eigenvalue weighted by Crippen LogP contribution is 2.24. The van der Waals surface area contributed by atoms with Gasteiger partial charge in [0.25, 0.3) is 5.91 Å². The number of pyridine rings is 1. The van der Waals surface area contributed by atoms with E-state index >= 15 is 0 Å². The summed E-state index contributed by atoms with van der Waals surface area (Å²) in [7, 11) is 0. The molecule has 122 valence electrons. The first-order valence-electron chi connectivity index (χ1n) is 7.35. The number of hydrogen-bond donors (Lipinski definition) is 0. The third-order valence-electron chi connectivity index (χ3n) is 3.97. The van der Waals surface area contributed by atoms with Gasteiger partial charge < -0.3 is 9.80 Å². The van der Waals surface area contributed by atoms with Gasteiger partial charge in [-0.2, -0.15) is 0 Å². The van der Waals surface area contributed by atoms with Crippen LogP contribution < -0.4 is 4.90 Å². The van der Waals surface area contributed by atoms with Gasteiger partial charge in [0.1, 0.15) is 0 Å². The molecule has 0 bridgehead atoms. The zero-order valence-electron chi connectivity index (χ0n) is 12.9. The third-order valence-corrected chi connectivity index (χ3v) is 4.21. The maximum absolute atomic E-state index is 12.4. The molecule has 0 atom stereocenters. The fourth-order valence-corrected chi connectivity index (χ4v) is 3.02. The molecule has 6 heteroatoms. The summed E-state index contributed by atoms with van der Waals surface area (Å²) < 4.78 is 0. The van der Waals surface area contributed by atoms with Gasteiger partial charge in [0.05, 0.1) is 5.56 Å². The Morgan fingerprint density at radius 1 is 1.17 bits per heavy atom. The number of nitrogens with zero attached hydrogens (tertiary/aromatic N) is 3. The molecule has 4 nitrogen and oxygen atoms in total. The van der Waals surface area contributed by atoms with Gasteiger partial charge in [-0.25, -0.2) is 0 Å². The molecule has 0 N–H and O–H groups in total. The molecule has 1 aromatic heterocycles. The van der Waals surface area contributed by atoms with Gasteiger partial charge in [0.15, 0.2) is 0 Å². The van der Waals surface area contributed by atoms with E-state index in [0.29, 0.717) is 5.56 Å². The van der Waals surface area contributed by atoms with Gasteiger partial charge in [-0.3, -0.25) is 9.78 Å². The highest BCUT2D eigenvalue weighted by molar-refractivity contribution is 6.30. The monoisotopic (exact) mass is 351 g/mol. The van der Waals surface area contributed by atoms with E-state index in [4.69, 9.17) is 11.6 Å². The van der Waals surface area contributed by atoms with Crippen LogP contribution in [-0.4, -0.2) is 42.0 Å². The van der Waals surface area contributed by atoms with Crippen molar-refractivity contribution in [2.24, 2.45) is 0 Å². The topological polar surface area (TPSA) is 36.4 Å². The molecule has 3 rings (SSSR count). The summed E-state index contributed by atoms with van der Waals surface area (Å²) in [4.78, 5) is 20.6. The molecule has 1 fully saturated rings. The summed E-state index contributed by atoms with van der Waals surface area (Å²) in [6, 6.07) is 9.54. The number of rotatable bonds is 2. The van der Waals surface area contributed by atoms with Crippen molar-refractivity contribution in [2.45, 2.75) is 6.92 Å². The van der Waals surface area contributed by atoms with Crippen molar-refractivity contribution in [3.8, 4) is 0 Å². The molecule has 23 heavy (non-hydrogen) atoms. The van der Waals surface area contributed by atoms with Gasteiger partial charge in [0, 0.05) is 49.3 Å². The second kappa shape index (κ2) is 7.66. The van der Waals surface area contributed by atoms with Gasteiger partial charge in [0.2, 0.25) is 0 Å². The minimum Gasteiger partial charge on any atom is -0.368 e. The summed E-state index contributed by atoms with van der Waals surface area (Å²) in [5, 5.41) is 0.756. The number of benzene rings is 1. The fraction of sp³-hybridized carbons (Fsp3) is 0.294. The number of carbonyl (C=O) groups excluding carboxylic acids is 1. The predicted octanol–water partition coefficient (Wildman–Crippen LogP) is 3.43. The van der Waals surface area contributed by atoms with Crippen LogP contribution in [0.1, 0.15) is 15.9 Å². The van der Waals surface area contributed by atoms with Crippen LogP contribution in [0.15, 0.2) is 42.7 Å². The molecular formula is C17H19Cl2N3O. The van der Waals surface area contributed by atoms with E-state index in [0.717, 1.165) is 31.2 Å². The van der Waals surface area contributed by atoms with E-state index < -0.39 is 0 Å². The Hall–Kier alpha value is -1.78. The Morgan fingerprint density at radius 3 is 2.52 bits per heavy atom. The normalized spacial score (nSPS) is 14.3. The van der Waals surface area contributed by atoms with Gasteiger partial charge in [-0.1, -0.05) is 11.6 Å². The Bertz CT molecular complexity index is 671. The van der Waals surface area contributed by atoms with Crippen LogP contribution in [0.2, 0.25) is 5.02 Å². The number of anilines is 1. The van der Waals surface area contributed by atoms with Crippen LogP contribution in [0, 0.1) is 6.92 Å². The van der Waals surface area contributed by atoms with Crippen molar-refractivity contribution in [1.29, 1.82) is 0 Å². The lowest BCUT2D eigenvalue weighted by molar-refractivity contribution is 0.0746. The fourth-order valence-electron chi connectivity index (χ4n) is 2.80. The molecular weight excluding hydrogens is 333 g/mol. The lowest BCUT2D eigenvalue weighted by Crippen LogP contribution is -2.49. The standard InChI is InChI=1S/C17H18ClN3O.ClH/c1-13-11-15(18)4-5-16(13)20-7-9-21(10-8-20)17(22)14-3-2-6-19-12-14;/h2-6,11-12H,7-10H2,1H3;1H. The van der Waals surface area contributed by atoms with Crippen molar-refractivity contribution in [2.75, 3.05) is 31.1 Å². The number of amides is 1. The van der Waals surface area contributed by atoms with Crippen molar-refractivity contribution in [3.05, 3.63) is 58.9 Å². The van der Waals surface area contributed by atoms with Crippen LogP contribution in [0.4, 0.5) is 5.69 Å². The lowest BCUT2D eigenvalue weighted by atomic mass is 10.1. The quantitative estimate of drug-likeness (QED) is 0.831. The Morgan fingerprint density at radius 2 is 1.91 bits per heavy atom. The third kappa shape index (κ3) is 3.95. The van der Waals surface area contributed by atoms with E-state index in [1.807, 2.05) is 23.1 Å². The second-order valence-electron chi connectivity index (χ2n) is 5.45. The zero-order chi connectivity index (χ0) is 15.5. The van der Waals surface area contributed by atoms with Crippen LogP contribution in [0.3, 0.4) is 0 Å². The molecule has 0 radical (unpaired) electrons. The number of carbonyl (C=O) groups is 1. The summed E-state index contributed by atoms with van der Waals surface area (Å²) in [6.45, 7) is 5.16. The number of aryl methyl sites for hydroxylation is 1. The molecule has 1 amide bonds. The van der Waals surface area contributed by atoms with Crippen molar-refractivity contribution in [1.82, 2.24) is 9.88 Å². The van der Waals surface area contributed by atoms with E-state index in [2.05, 4.69) is 22.9 Å². The average molecular weight is 352 g/mol. The number of piperazine rings is 1. The van der Waals surface area contributed by atoms with Crippen molar-refractivity contribution >= 4 is 35.6 Å². The molecule has 0 aliphatic carbocycles. The van der Waals surface area contributed by atoms with Gasteiger partial charge in [-0.05, 0) is 42.8 Å². The maximum atomic E-state index is 12.4. The van der Waals surface area contributed by atoms with Gasteiger partial charge in [-0.15, -0.1) is 12.4 Å². The Balaban J connectivity index is 0.00000192. The average Bonchev–Trinajstić information content (AvgIpc) is 2.55. The van der Waals surface area contributed by atoms with Crippen molar-refractivity contribution in [3.63, 3.8) is 0 Å². The van der Waals surface area contributed by atoms with Crippen LogP contribution in [-0.2, 0) is 0 Å². The van der Waals surface area contributed by atoms with Crippen LogP contribution in [0.25, 0.3) is 0 Å². The van der Waals surface area contributed by atoms with Crippen molar-refractivity contribution < 1.29 is 4.79 Å². The minimum atomic E-state index is 0. The Kier molecular flexibility index (Phi) is 5.85. The maximum Gasteiger partial charge on any atom is 0.255 e. The van der Waals surface area contributed by atoms with E-state index in [9.17, 15) is 4.79 Å². The van der Waals surface area contributed by atoms with Gasteiger partial charge >= 0.3 is 0 Å². The lowest BCUT2D eigenvalue weighted by Gasteiger charge is -2.36. The molecule has 2 heterocycles. The first-order valence-corrected chi connectivity index (χ1v) is 7.73. The van der Waals surface area contributed by atoms with E-state index in [1.165, 1.54) is 11.3 Å².